The summed E-state index contributed by atoms with van der Waals surface area (Å²) < 4.78 is 54.4. The van der Waals surface area contributed by atoms with E-state index in [4.69, 9.17) is 14.1 Å². The molecule has 13 heteroatoms. The van der Waals surface area contributed by atoms with Crippen LogP contribution in [-0.4, -0.2) is 65.5 Å². The van der Waals surface area contributed by atoms with Gasteiger partial charge in [-0.2, -0.15) is 0 Å². The molecule has 4 aromatic rings. The Bertz CT molecular complexity index is 2160. The molecule has 2 aliphatic heterocycles. The molecule has 0 radical (unpaired) electrons. The van der Waals surface area contributed by atoms with E-state index >= 15 is 0 Å². The average molecular weight is 715 g/mol. The molecule has 4 aliphatic rings. The van der Waals surface area contributed by atoms with Gasteiger partial charge in [-0.3, -0.25) is 19.1 Å². The van der Waals surface area contributed by atoms with Crippen LogP contribution in [0, 0.1) is 11.7 Å². The third-order valence-corrected chi connectivity index (χ3v) is 12.3. The van der Waals surface area contributed by atoms with E-state index in [2.05, 4.69) is 10.0 Å². The molecule has 8 rings (SSSR count). The fourth-order valence-electron chi connectivity index (χ4n) is 7.36. The number of halogens is 1. The molecule has 2 aromatic heterocycles. The average Bonchev–Trinajstić information content (AvgIpc) is 4.01. The van der Waals surface area contributed by atoms with Crippen LogP contribution in [-0.2, 0) is 24.4 Å². The molecule has 51 heavy (non-hydrogen) atoms. The number of carbonyl (C=O) groups excluding carboxylic acids is 3. The highest BCUT2D eigenvalue weighted by atomic mass is 32.2. The van der Waals surface area contributed by atoms with Crippen LogP contribution in [0.5, 0.6) is 5.75 Å². The first kappa shape index (κ1) is 33.4. The summed E-state index contributed by atoms with van der Waals surface area (Å²) >= 11 is 0. The summed E-state index contributed by atoms with van der Waals surface area (Å²) in [4.78, 5) is 47.8. The first-order chi connectivity index (χ1) is 24.6. The van der Waals surface area contributed by atoms with Crippen molar-refractivity contribution in [3.05, 3.63) is 72.6 Å². The lowest BCUT2D eigenvalue weighted by Crippen LogP contribution is -2.56. The van der Waals surface area contributed by atoms with E-state index in [0.29, 0.717) is 53.0 Å². The molecule has 2 aliphatic carbocycles. The fourth-order valence-corrected chi connectivity index (χ4v) is 8.72. The van der Waals surface area contributed by atoms with Crippen LogP contribution in [0.2, 0.25) is 0 Å². The van der Waals surface area contributed by atoms with Gasteiger partial charge in [-0.1, -0.05) is 37.1 Å². The van der Waals surface area contributed by atoms with Crippen molar-refractivity contribution in [3.8, 4) is 17.0 Å². The summed E-state index contributed by atoms with van der Waals surface area (Å²) in [5, 5.41) is 3.08. The van der Waals surface area contributed by atoms with E-state index in [1.165, 1.54) is 17.0 Å². The molecule has 266 valence electrons. The standard InChI is InChI=1S/C38H39FN4O7S/c39-25-15-13-23(14-16-25)29-20-32(35-34(40-29)28-10-7-8-11-31(28)50-35)49-26-19-30-36(45)41-38(37(46)42-51(47,48)27-17-18-27)21-24(38)9-5-3-1-2-4-6-12-33(44)43(30)22-26/h5,7-11,13-16,20,24,26-27,30H,1-4,6,12,17-19,21-22H2,(H,41,45)(H,42,46)/b9-5-/t24-,26-,30+,38-/m1/s1. The SMILES string of the molecule is O=C1N[C@]2(C(=O)NS(=O)(=O)C3CC3)C[C@H]2/C=C\CCCCCCC(=O)N2C[C@H](Oc3cc(-c4ccc(F)cc4)nc4c3oc3ccccc34)C[C@@H]12. The van der Waals surface area contributed by atoms with E-state index in [0.717, 1.165) is 31.1 Å². The van der Waals surface area contributed by atoms with Crippen LogP contribution in [0.1, 0.15) is 64.2 Å². The molecular weight excluding hydrogens is 676 g/mol. The van der Waals surface area contributed by atoms with Gasteiger partial charge >= 0.3 is 0 Å². The molecule has 3 amide bonds. The number of aromatic nitrogens is 1. The van der Waals surface area contributed by atoms with Crippen LogP contribution in [0.3, 0.4) is 0 Å². The lowest BCUT2D eigenvalue weighted by Gasteiger charge is -2.26. The van der Waals surface area contributed by atoms with Gasteiger partial charge in [-0.25, -0.2) is 17.8 Å². The second-order valence-corrected chi connectivity index (χ2v) is 16.1. The number of ether oxygens (including phenoxy) is 1. The maximum atomic E-state index is 14.2. The summed E-state index contributed by atoms with van der Waals surface area (Å²) in [6, 6.07) is 14.2. The zero-order chi connectivity index (χ0) is 35.3. The second kappa shape index (κ2) is 13.1. The largest absolute Gasteiger partial charge is 0.484 e. The van der Waals surface area contributed by atoms with Crippen molar-refractivity contribution >= 4 is 49.8 Å². The van der Waals surface area contributed by atoms with Gasteiger partial charge in [0, 0.05) is 35.8 Å². The van der Waals surface area contributed by atoms with E-state index in [9.17, 15) is 27.2 Å². The second-order valence-electron chi connectivity index (χ2n) is 14.2. The Hall–Kier alpha value is -4.78. The number of hydrogen-bond donors (Lipinski definition) is 2. The Morgan fingerprint density at radius 3 is 2.65 bits per heavy atom. The molecule has 0 unspecified atom stereocenters. The lowest BCUT2D eigenvalue weighted by atomic mass is 10.1. The van der Waals surface area contributed by atoms with Crippen molar-refractivity contribution in [1.82, 2.24) is 19.9 Å². The Morgan fingerprint density at radius 1 is 1.06 bits per heavy atom. The minimum Gasteiger partial charge on any atom is -0.484 e. The van der Waals surface area contributed by atoms with E-state index in [-0.39, 0.29) is 43.4 Å². The van der Waals surface area contributed by atoms with Crippen LogP contribution in [0.25, 0.3) is 33.3 Å². The first-order valence-electron chi connectivity index (χ1n) is 17.7. The zero-order valence-electron chi connectivity index (χ0n) is 28.0. The monoisotopic (exact) mass is 714 g/mol. The number of para-hydroxylation sites is 1. The van der Waals surface area contributed by atoms with Crippen LogP contribution < -0.4 is 14.8 Å². The number of nitrogens with zero attached hydrogens (tertiary/aromatic N) is 2. The molecule has 2 N–H and O–H groups in total. The quantitative estimate of drug-likeness (QED) is 0.248. The molecular formula is C38H39FN4O7S. The maximum absolute atomic E-state index is 14.2. The highest BCUT2D eigenvalue weighted by Crippen LogP contribution is 2.46. The molecule has 1 saturated heterocycles. The first-order valence-corrected chi connectivity index (χ1v) is 19.2. The van der Waals surface area contributed by atoms with Gasteiger partial charge < -0.3 is 19.4 Å². The number of allylic oxidation sites excluding steroid dienone is 1. The number of pyridine rings is 1. The molecule has 4 heterocycles. The number of benzene rings is 2. The van der Waals surface area contributed by atoms with Gasteiger partial charge in [0.1, 0.15) is 34.6 Å². The third-order valence-electron chi connectivity index (χ3n) is 10.5. The van der Waals surface area contributed by atoms with Crippen molar-refractivity contribution in [1.29, 1.82) is 0 Å². The summed E-state index contributed by atoms with van der Waals surface area (Å²) in [6.45, 7) is 0.117. The number of fused-ring (bicyclic) bond motifs is 5. The molecule has 11 nitrogen and oxygen atoms in total. The van der Waals surface area contributed by atoms with Gasteiger partial charge in [0.15, 0.2) is 11.3 Å². The Labute approximate surface area is 294 Å². The predicted molar refractivity (Wildman–Crippen MR) is 187 cm³/mol. The van der Waals surface area contributed by atoms with E-state index < -0.39 is 44.8 Å². The summed E-state index contributed by atoms with van der Waals surface area (Å²) in [5.74, 6) is -1.85. The Balaban J connectivity index is 1.11. The highest BCUT2D eigenvalue weighted by Gasteiger charge is 2.62. The normalized spacial score (nSPS) is 26.5. The zero-order valence-corrected chi connectivity index (χ0v) is 28.8. The Kier molecular flexibility index (Phi) is 8.56. The van der Waals surface area contributed by atoms with Crippen molar-refractivity contribution in [2.45, 2.75) is 87.1 Å². The summed E-state index contributed by atoms with van der Waals surface area (Å²) in [7, 11) is -3.85. The fraction of sp³-hybridized carbons (Fsp3) is 0.421. The highest BCUT2D eigenvalue weighted by molar-refractivity contribution is 7.91. The van der Waals surface area contributed by atoms with E-state index in [1.807, 2.05) is 36.4 Å². The molecule has 0 spiro atoms. The van der Waals surface area contributed by atoms with Crippen LogP contribution in [0.4, 0.5) is 4.39 Å². The predicted octanol–water partition coefficient (Wildman–Crippen LogP) is 5.53. The van der Waals surface area contributed by atoms with Crippen LogP contribution in [0.15, 0.2) is 71.2 Å². The number of nitrogens with one attached hydrogen (secondary N) is 2. The molecule has 3 fully saturated rings. The van der Waals surface area contributed by atoms with Gasteiger partial charge in [0.25, 0.3) is 5.91 Å². The number of amides is 3. The van der Waals surface area contributed by atoms with Crippen molar-refractivity contribution in [3.63, 3.8) is 0 Å². The maximum Gasteiger partial charge on any atom is 0.259 e. The van der Waals surface area contributed by atoms with Crippen molar-refractivity contribution < 1.29 is 36.3 Å². The molecule has 0 bridgehead atoms. The number of carbonyl (C=O) groups is 3. The third kappa shape index (κ3) is 6.59. The van der Waals surface area contributed by atoms with Gasteiger partial charge in [-0.05, 0) is 74.9 Å². The minimum absolute atomic E-state index is 0.117. The number of rotatable bonds is 6. The van der Waals surface area contributed by atoms with Crippen molar-refractivity contribution in [2.24, 2.45) is 5.92 Å². The molecule has 2 aromatic carbocycles. The Morgan fingerprint density at radius 2 is 1.84 bits per heavy atom. The van der Waals surface area contributed by atoms with Gasteiger partial charge in [0.05, 0.1) is 17.5 Å². The number of sulfonamides is 1. The summed E-state index contributed by atoms with van der Waals surface area (Å²) in [6.07, 6.45) is 9.10. The molecule has 2 saturated carbocycles. The lowest BCUT2D eigenvalue weighted by molar-refractivity contribution is -0.139. The minimum atomic E-state index is -3.85. The smallest absolute Gasteiger partial charge is 0.259 e. The van der Waals surface area contributed by atoms with Gasteiger partial charge in [0.2, 0.25) is 21.8 Å². The van der Waals surface area contributed by atoms with Crippen molar-refractivity contribution in [2.75, 3.05) is 6.54 Å². The molecule has 4 atom stereocenters. The van der Waals surface area contributed by atoms with Gasteiger partial charge in [-0.15, -0.1) is 0 Å². The van der Waals surface area contributed by atoms with Crippen LogP contribution >= 0.6 is 0 Å². The number of furan rings is 1. The number of hydrogen-bond acceptors (Lipinski definition) is 8. The van der Waals surface area contributed by atoms with E-state index in [1.54, 1.807) is 18.2 Å². The topological polar surface area (TPSA) is 148 Å². The summed E-state index contributed by atoms with van der Waals surface area (Å²) in [5.41, 5.74) is 1.34.